The molecule has 1 fully saturated rings. The predicted molar refractivity (Wildman–Crippen MR) is 109 cm³/mol. The van der Waals surface area contributed by atoms with Crippen LogP contribution < -0.4 is 10.2 Å². The van der Waals surface area contributed by atoms with Crippen LogP contribution in [0.25, 0.3) is 0 Å². The van der Waals surface area contributed by atoms with Crippen LogP contribution in [0, 0.1) is 0 Å². The standard InChI is InChI=1S/C20H33N3O4S/c1-5-22(6-2)13-7-12-21-20(24)18-8-10-19(11-9-18)28(25,26)23-14-16(3)27-17(4)15-23/h8-11,16-17H,5-7,12-15H2,1-4H3,(H,21,24)/p+1/t16-,17-/m1/s1. The molecule has 1 aliphatic rings. The largest absolute Gasteiger partial charge is 0.373 e. The zero-order chi connectivity index (χ0) is 20.7. The van der Waals surface area contributed by atoms with Crippen molar-refractivity contribution in [2.45, 2.75) is 51.2 Å². The first kappa shape index (κ1) is 22.8. The van der Waals surface area contributed by atoms with Crippen LogP contribution in [0.5, 0.6) is 0 Å². The zero-order valence-corrected chi connectivity index (χ0v) is 18.2. The van der Waals surface area contributed by atoms with Crippen LogP contribution >= 0.6 is 0 Å². The molecule has 1 saturated heterocycles. The third-order valence-electron chi connectivity index (χ3n) is 5.13. The van der Waals surface area contributed by atoms with Gasteiger partial charge in [0.15, 0.2) is 0 Å². The summed E-state index contributed by atoms with van der Waals surface area (Å²) in [7, 11) is -3.59. The number of morpholine rings is 1. The highest BCUT2D eigenvalue weighted by atomic mass is 32.2. The number of rotatable bonds is 9. The second-order valence-electron chi connectivity index (χ2n) is 7.42. The summed E-state index contributed by atoms with van der Waals surface area (Å²) < 4.78 is 32.8. The van der Waals surface area contributed by atoms with Crippen molar-refractivity contribution < 1.29 is 22.8 Å². The van der Waals surface area contributed by atoms with Gasteiger partial charge >= 0.3 is 0 Å². The number of benzene rings is 1. The van der Waals surface area contributed by atoms with Crippen molar-refractivity contribution in [2.24, 2.45) is 0 Å². The smallest absolute Gasteiger partial charge is 0.251 e. The van der Waals surface area contributed by atoms with E-state index < -0.39 is 10.0 Å². The number of sulfonamides is 1. The maximum atomic E-state index is 12.9. The number of quaternary nitrogens is 1. The van der Waals surface area contributed by atoms with E-state index in [1.807, 2.05) is 13.8 Å². The average Bonchev–Trinajstić information content (AvgIpc) is 2.67. The summed E-state index contributed by atoms with van der Waals surface area (Å²) in [6.07, 6.45) is 0.645. The summed E-state index contributed by atoms with van der Waals surface area (Å²) in [5.41, 5.74) is 0.470. The molecule has 1 aliphatic heterocycles. The Morgan fingerprint density at radius 1 is 1.14 bits per heavy atom. The Balaban J connectivity index is 1.94. The molecule has 2 N–H and O–H groups in total. The van der Waals surface area contributed by atoms with Crippen molar-refractivity contribution in [3.05, 3.63) is 29.8 Å². The SMILES string of the molecule is CC[NH+](CC)CCCNC(=O)c1ccc(S(=O)(=O)N2C[C@@H](C)O[C@H](C)C2)cc1. The van der Waals surface area contributed by atoms with Crippen LogP contribution in [-0.4, -0.2) is 70.1 Å². The average molecular weight is 413 g/mol. The monoisotopic (exact) mass is 412 g/mol. The van der Waals surface area contributed by atoms with Crippen molar-refractivity contribution in [1.82, 2.24) is 9.62 Å². The number of ether oxygens (including phenoxy) is 1. The van der Waals surface area contributed by atoms with Crippen LogP contribution in [0.15, 0.2) is 29.2 Å². The molecule has 0 aliphatic carbocycles. The van der Waals surface area contributed by atoms with Crippen LogP contribution in [0.4, 0.5) is 0 Å². The highest BCUT2D eigenvalue weighted by Gasteiger charge is 2.32. The van der Waals surface area contributed by atoms with Crippen molar-refractivity contribution in [1.29, 1.82) is 0 Å². The number of nitrogens with one attached hydrogen (secondary N) is 2. The lowest BCUT2D eigenvalue weighted by molar-refractivity contribution is -0.896. The third kappa shape index (κ3) is 6.01. The Labute approximate surface area is 169 Å². The summed E-state index contributed by atoms with van der Waals surface area (Å²) in [5, 5.41) is 2.91. The Kier molecular flexibility index (Phi) is 8.42. The number of nitrogens with zero attached hydrogens (tertiary/aromatic N) is 1. The number of hydrogen-bond donors (Lipinski definition) is 2. The van der Waals surface area contributed by atoms with Crippen LogP contribution in [0.2, 0.25) is 0 Å². The first-order chi connectivity index (χ1) is 13.3. The normalized spacial score (nSPS) is 21.0. The van der Waals surface area contributed by atoms with Gasteiger partial charge in [-0.05, 0) is 52.0 Å². The lowest BCUT2D eigenvalue weighted by Crippen LogP contribution is -3.11. The Morgan fingerprint density at radius 3 is 2.25 bits per heavy atom. The molecule has 0 radical (unpaired) electrons. The van der Waals surface area contributed by atoms with Gasteiger partial charge in [-0.25, -0.2) is 8.42 Å². The minimum atomic E-state index is -3.59. The maximum Gasteiger partial charge on any atom is 0.251 e. The Morgan fingerprint density at radius 2 is 1.71 bits per heavy atom. The predicted octanol–water partition coefficient (Wildman–Crippen LogP) is 0.529. The summed E-state index contributed by atoms with van der Waals surface area (Å²) in [6, 6.07) is 6.17. The van der Waals surface area contributed by atoms with Crippen molar-refractivity contribution in [3.63, 3.8) is 0 Å². The molecule has 0 unspecified atom stereocenters. The molecule has 0 spiro atoms. The second-order valence-corrected chi connectivity index (χ2v) is 9.36. The fourth-order valence-corrected chi connectivity index (χ4v) is 5.09. The lowest BCUT2D eigenvalue weighted by Gasteiger charge is -2.34. The molecule has 0 aromatic heterocycles. The maximum absolute atomic E-state index is 12.9. The fourth-order valence-electron chi connectivity index (χ4n) is 3.50. The Bertz CT molecular complexity index is 722. The van der Waals surface area contributed by atoms with E-state index in [1.165, 1.54) is 21.3 Å². The molecular formula is C20H34N3O4S+. The molecule has 1 aromatic rings. The van der Waals surface area contributed by atoms with E-state index in [-0.39, 0.29) is 23.0 Å². The van der Waals surface area contributed by atoms with Gasteiger partial charge in [-0.15, -0.1) is 0 Å². The van der Waals surface area contributed by atoms with Crippen LogP contribution in [0.1, 0.15) is 44.5 Å². The van der Waals surface area contributed by atoms with Gasteiger partial charge in [0.25, 0.3) is 5.91 Å². The van der Waals surface area contributed by atoms with E-state index in [0.717, 1.165) is 26.1 Å². The van der Waals surface area contributed by atoms with Gasteiger partial charge in [0.1, 0.15) is 0 Å². The number of carbonyl (C=O) groups excluding carboxylic acids is 1. The highest BCUT2D eigenvalue weighted by molar-refractivity contribution is 7.89. The summed E-state index contributed by atoms with van der Waals surface area (Å²) in [6.45, 7) is 12.5. The molecule has 28 heavy (non-hydrogen) atoms. The van der Waals surface area contributed by atoms with Gasteiger partial charge in [-0.1, -0.05) is 0 Å². The molecular weight excluding hydrogens is 378 g/mol. The molecule has 1 amide bonds. The van der Waals surface area contributed by atoms with Crippen LogP contribution in [0.3, 0.4) is 0 Å². The molecule has 0 bridgehead atoms. The number of hydrogen-bond acceptors (Lipinski definition) is 4. The van der Waals surface area contributed by atoms with Gasteiger partial charge in [0.05, 0.1) is 36.7 Å². The zero-order valence-electron chi connectivity index (χ0n) is 17.4. The van der Waals surface area contributed by atoms with Crippen molar-refractivity contribution >= 4 is 15.9 Å². The minimum absolute atomic E-state index is 0.137. The summed E-state index contributed by atoms with van der Waals surface area (Å²) >= 11 is 0. The number of amides is 1. The quantitative estimate of drug-likeness (QED) is 0.580. The molecule has 7 nitrogen and oxygen atoms in total. The highest BCUT2D eigenvalue weighted by Crippen LogP contribution is 2.21. The molecule has 2 atom stereocenters. The molecule has 8 heteroatoms. The first-order valence-electron chi connectivity index (χ1n) is 10.1. The molecule has 158 valence electrons. The van der Waals surface area contributed by atoms with Gasteiger partial charge < -0.3 is 15.0 Å². The summed E-state index contributed by atoms with van der Waals surface area (Å²) in [5.74, 6) is -0.174. The third-order valence-corrected chi connectivity index (χ3v) is 6.98. The second kappa shape index (κ2) is 10.3. The fraction of sp³-hybridized carbons (Fsp3) is 0.650. The summed E-state index contributed by atoms with van der Waals surface area (Å²) in [4.78, 5) is 14.0. The van der Waals surface area contributed by atoms with E-state index in [4.69, 9.17) is 4.74 Å². The van der Waals surface area contributed by atoms with Crippen molar-refractivity contribution in [3.8, 4) is 0 Å². The van der Waals surface area contributed by atoms with E-state index in [9.17, 15) is 13.2 Å². The van der Waals surface area contributed by atoms with Crippen LogP contribution in [-0.2, 0) is 14.8 Å². The van der Waals surface area contributed by atoms with E-state index in [1.54, 1.807) is 12.1 Å². The minimum Gasteiger partial charge on any atom is -0.373 e. The molecule has 0 saturated carbocycles. The van der Waals surface area contributed by atoms with Crippen molar-refractivity contribution in [2.75, 3.05) is 39.3 Å². The van der Waals surface area contributed by atoms with Gasteiger partial charge in [-0.3, -0.25) is 4.79 Å². The topological polar surface area (TPSA) is 80.2 Å². The van der Waals surface area contributed by atoms with Gasteiger partial charge in [0, 0.05) is 31.6 Å². The molecule has 1 aromatic carbocycles. The Hall–Kier alpha value is -1.48. The van der Waals surface area contributed by atoms with E-state index >= 15 is 0 Å². The van der Waals surface area contributed by atoms with Gasteiger partial charge in [-0.2, -0.15) is 4.31 Å². The number of carbonyl (C=O) groups is 1. The van der Waals surface area contributed by atoms with E-state index in [0.29, 0.717) is 25.2 Å². The van der Waals surface area contributed by atoms with Gasteiger partial charge in [0.2, 0.25) is 10.0 Å². The van der Waals surface area contributed by atoms with E-state index in [2.05, 4.69) is 19.2 Å². The lowest BCUT2D eigenvalue weighted by atomic mass is 10.2. The molecule has 2 rings (SSSR count). The first-order valence-corrected chi connectivity index (χ1v) is 11.6. The molecule has 1 heterocycles.